The molecule has 0 aliphatic carbocycles. The summed E-state index contributed by atoms with van der Waals surface area (Å²) in [6.45, 7) is 5.57. The second-order valence-electron chi connectivity index (χ2n) is 4.40. The van der Waals surface area contributed by atoms with Gasteiger partial charge in [-0.2, -0.15) is 0 Å². The average molecular weight is 271 g/mol. The number of aromatic nitrogens is 1. The van der Waals surface area contributed by atoms with Gasteiger partial charge in [0.1, 0.15) is 11.0 Å². The Hall–Kier alpha value is -1.94. The van der Waals surface area contributed by atoms with E-state index in [1.54, 1.807) is 4.90 Å². The van der Waals surface area contributed by atoms with Gasteiger partial charge in [-0.3, -0.25) is 4.79 Å². The molecule has 3 rings (SSSR count). The molecule has 0 bridgehead atoms. The second kappa shape index (κ2) is 4.63. The van der Waals surface area contributed by atoms with Gasteiger partial charge in [0.15, 0.2) is 0 Å². The summed E-state index contributed by atoms with van der Waals surface area (Å²) in [7, 11) is 0. The lowest BCUT2D eigenvalue weighted by Crippen LogP contribution is -2.54. The Morgan fingerprint density at radius 3 is 2.79 bits per heavy atom. The van der Waals surface area contributed by atoms with Crippen LogP contribution in [0.4, 0.5) is 5.69 Å². The van der Waals surface area contributed by atoms with E-state index in [2.05, 4.69) is 11.6 Å². The van der Waals surface area contributed by atoms with E-state index >= 15 is 0 Å². The number of amides is 1. The zero-order valence-electron chi connectivity index (χ0n) is 11.5. The summed E-state index contributed by atoms with van der Waals surface area (Å²) < 4.78 is 8.36. The third-order valence-corrected chi connectivity index (χ3v) is 4.16. The number of aryl methyl sites for hydroxylation is 1. The number of thiazole rings is 1. The van der Waals surface area contributed by atoms with Crippen molar-refractivity contribution in [1.29, 1.82) is 0 Å². The van der Waals surface area contributed by atoms with Gasteiger partial charge >= 0.3 is 0 Å². The Bertz CT molecular complexity index is 670. The molecule has 96 valence electrons. The fraction of sp³-hybridized carbons (Fsp3) is 0.200. The maximum Gasteiger partial charge on any atom is 0.237 e. The molecule has 19 heavy (non-hydrogen) atoms. The van der Waals surface area contributed by atoms with Crippen LogP contribution in [0, 0.1) is 12.8 Å². The lowest BCUT2D eigenvalue weighted by atomic mass is 9.87. The molecule has 2 atom stereocenters. The van der Waals surface area contributed by atoms with Crippen molar-refractivity contribution in [1.82, 2.24) is 4.98 Å². The molecule has 1 fully saturated rings. The number of hydrogen-bond donors (Lipinski definition) is 0. The van der Waals surface area contributed by atoms with E-state index < -0.39 is 11.9 Å². The highest BCUT2D eigenvalue weighted by molar-refractivity contribution is 7.09. The lowest BCUT2D eigenvalue weighted by molar-refractivity contribution is -0.128. The minimum absolute atomic E-state index is 0.253. The summed E-state index contributed by atoms with van der Waals surface area (Å²) in [5.74, 6) is -1.57. The van der Waals surface area contributed by atoms with Crippen molar-refractivity contribution in [2.75, 3.05) is 4.90 Å². The molecule has 0 unspecified atom stereocenters. The van der Waals surface area contributed by atoms with Crippen LogP contribution in [0.1, 0.15) is 18.1 Å². The number of nitrogens with zero attached hydrogens (tertiary/aromatic N) is 2. The Morgan fingerprint density at radius 2 is 2.21 bits per heavy atom. The standard InChI is InChI=1S/C15H14N2OS/c1-3-12-13(14-16-10(2)9-19-14)17(15(12)18)11-7-5-4-6-8-11/h3-9,12-13H,1H2,2H3/t12-,13-/m1/s1/i12D. The molecule has 2 aromatic rings. The van der Waals surface area contributed by atoms with E-state index in [4.69, 9.17) is 1.37 Å². The highest BCUT2D eigenvalue weighted by atomic mass is 32.1. The van der Waals surface area contributed by atoms with Crippen molar-refractivity contribution >= 4 is 22.9 Å². The van der Waals surface area contributed by atoms with E-state index in [9.17, 15) is 4.79 Å². The van der Waals surface area contributed by atoms with Crippen molar-refractivity contribution in [3.63, 3.8) is 0 Å². The molecule has 4 heteroatoms. The Labute approximate surface area is 117 Å². The van der Waals surface area contributed by atoms with Crippen molar-refractivity contribution in [3.8, 4) is 0 Å². The van der Waals surface area contributed by atoms with Gasteiger partial charge in [0.25, 0.3) is 0 Å². The first kappa shape index (κ1) is 10.9. The maximum absolute atomic E-state index is 12.3. The molecule has 1 aliphatic rings. The SMILES string of the molecule is [2H][C@]1(C=C)C(=O)N(c2ccccc2)[C@H]1c1nc(C)cs1. The molecule has 1 aromatic heterocycles. The highest BCUT2D eigenvalue weighted by Crippen LogP contribution is 2.44. The van der Waals surface area contributed by atoms with Crippen LogP contribution >= 0.6 is 11.3 Å². The molecule has 3 nitrogen and oxygen atoms in total. The Morgan fingerprint density at radius 1 is 1.47 bits per heavy atom. The van der Waals surface area contributed by atoms with Crippen LogP contribution in [0.5, 0.6) is 0 Å². The Kier molecular flexibility index (Phi) is 2.66. The van der Waals surface area contributed by atoms with Crippen LogP contribution in [-0.4, -0.2) is 10.9 Å². The fourth-order valence-electron chi connectivity index (χ4n) is 2.24. The first-order chi connectivity index (χ1) is 9.58. The van der Waals surface area contributed by atoms with Gasteiger partial charge in [0.2, 0.25) is 5.91 Å². The van der Waals surface area contributed by atoms with E-state index in [0.717, 1.165) is 16.4 Å². The van der Waals surface area contributed by atoms with Gasteiger partial charge < -0.3 is 4.90 Å². The molecule has 1 amide bonds. The summed E-state index contributed by atoms with van der Waals surface area (Å²) in [6, 6.07) is 9.00. The number of rotatable bonds is 3. The van der Waals surface area contributed by atoms with Gasteiger partial charge in [-0.1, -0.05) is 24.3 Å². The third kappa shape index (κ3) is 1.88. The van der Waals surface area contributed by atoms with Gasteiger partial charge in [-0.05, 0) is 19.1 Å². The molecule has 1 aliphatic heterocycles. The van der Waals surface area contributed by atoms with Crippen molar-refractivity contribution < 1.29 is 6.17 Å². The maximum atomic E-state index is 12.3. The summed E-state index contributed by atoms with van der Waals surface area (Å²) in [6.07, 6.45) is 1.41. The molecular weight excluding hydrogens is 256 g/mol. The first-order valence-electron chi connectivity index (χ1n) is 6.52. The topological polar surface area (TPSA) is 33.2 Å². The third-order valence-electron chi connectivity index (χ3n) is 3.14. The first-order valence-corrected chi connectivity index (χ1v) is 6.90. The number of carbonyl (C=O) groups is 1. The second-order valence-corrected chi connectivity index (χ2v) is 5.29. The number of anilines is 1. The predicted molar refractivity (Wildman–Crippen MR) is 77.2 cm³/mol. The van der Waals surface area contributed by atoms with Crippen LogP contribution in [0.25, 0.3) is 0 Å². The Balaban J connectivity index is 2.06. The van der Waals surface area contributed by atoms with Crippen LogP contribution < -0.4 is 4.90 Å². The van der Waals surface area contributed by atoms with Crippen LogP contribution in [0.15, 0.2) is 48.4 Å². The molecule has 2 heterocycles. The number of para-hydroxylation sites is 1. The van der Waals surface area contributed by atoms with Gasteiger partial charge in [-0.15, -0.1) is 17.9 Å². The van der Waals surface area contributed by atoms with Crippen LogP contribution in [-0.2, 0) is 4.79 Å². The lowest BCUT2D eigenvalue weighted by Gasteiger charge is -2.44. The van der Waals surface area contributed by atoms with Crippen molar-refractivity contribution in [3.05, 3.63) is 59.1 Å². The summed E-state index contributed by atoms with van der Waals surface area (Å²) in [5, 5.41) is 2.71. The van der Waals surface area contributed by atoms with E-state index in [0.29, 0.717) is 0 Å². The molecule has 0 saturated carbocycles. The average Bonchev–Trinajstić information content (AvgIpc) is 2.89. The molecular formula is C15H14N2OS. The predicted octanol–water partition coefficient (Wildman–Crippen LogP) is 3.34. The number of β-lactam (4-membered cyclic amide) rings is 1. The number of carbonyl (C=O) groups excluding carboxylic acids is 1. The summed E-state index contributed by atoms with van der Waals surface area (Å²) >= 11 is 1.48. The normalized spacial score (nSPS) is 26.8. The quantitative estimate of drug-likeness (QED) is 0.633. The molecule has 1 aromatic carbocycles. The molecule has 1 saturated heterocycles. The van der Waals surface area contributed by atoms with Gasteiger partial charge in [-0.25, -0.2) is 4.98 Å². The van der Waals surface area contributed by atoms with E-state index in [1.807, 2.05) is 42.6 Å². The molecule has 0 spiro atoms. The zero-order chi connectivity index (χ0) is 14.3. The molecule has 0 N–H and O–H groups in total. The van der Waals surface area contributed by atoms with Gasteiger partial charge in [0.05, 0.1) is 5.89 Å². The van der Waals surface area contributed by atoms with Crippen molar-refractivity contribution in [2.24, 2.45) is 5.89 Å². The van der Waals surface area contributed by atoms with E-state index in [-0.39, 0.29) is 5.91 Å². The minimum Gasteiger partial charge on any atom is -0.301 e. The van der Waals surface area contributed by atoms with Crippen LogP contribution in [0.3, 0.4) is 0 Å². The summed E-state index contributed by atoms with van der Waals surface area (Å²) in [4.78, 5) is 18.4. The molecule has 0 radical (unpaired) electrons. The van der Waals surface area contributed by atoms with Crippen LogP contribution in [0.2, 0.25) is 0 Å². The highest BCUT2D eigenvalue weighted by Gasteiger charge is 2.48. The summed E-state index contributed by atoms with van der Waals surface area (Å²) in [5.41, 5.74) is 1.70. The monoisotopic (exact) mass is 271 g/mol. The number of benzene rings is 1. The van der Waals surface area contributed by atoms with E-state index in [1.165, 1.54) is 17.4 Å². The zero-order valence-corrected chi connectivity index (χ0v) is 11.4. The van der Waals surface area contributed by atoms with Crippen molar-refractivity contribution in [2.45, 2.75) is 13.0 Å². The minimum atomic E-state index is -1.32. The number of hydrogen-bond acceptors (Lipinski definition) is 3. The largest absolute Gasteiger partial charge is 0.301 e. The van der Waals surface area contributed by atoms with Gasteiger partial charge in [0, 0.05) is 18.1 Å². The fourth-order valence-corrected chi connectivity index (χ4v) is 3.14. The smallest absolute Gasteiger partial charge is 0.237 e.